The van der Waals surface area contributed by atoms with Crippen LogP contribution >= 0.6 is 34.8 Å². The number of nitrogens with one attached hydrogen (secondary N) is 1. The molecule has 1 N–H and O–H groups in total. The molecule has 1 fully saturated rings. The smallest absolute Gasteiger partial charge is 0.275 e. The van der Waals surface area contributed by atoms with E-state index in [1.54, 1.807) is 0 Å². The van der Waals surface area contributed by atoms with E-state index in [1.165, 1.54) is 19.0 Å². The van der Waals surface area contributed by atoms with Gasteiger partial charge in [0.15, 0.2) is 0 Å². The first-order valence-corrected chi connectivity index (χ1v) is 9.36. The van der Waals surface area contributed by atoms with Crippen LogP contribution in [-0.2, 0) is 0 Å². The molecule has 1 aliphatic rings. The second-order valence-corrected chi connectivity index (χ2v) is 7.12. The van der Waals surface area contributed by atoms with Gasteiger partial charge in [-0.3, -0.25) is 4.79 Å². The van der Waals surface area contributed by atoms with Crippen molar-refractivity contribution in [3.63, 3.8) is 0 Å². The summed E-state index contributed by atoms with van der Waals surface area (Å²) < 4.78 is 0. The molecule has 0 atom stereocenters. The first-order valence-electron chi connectivity index (χ1n) is 8.22. The minimum Gasteiger partial charge on any atom is -0.370 e. The van der Waals surface area contributed by atoms with Crippen LogP contribution in [0.15, 0.2) is 30.5 Å². The molecule has 2 aromatic rings. The Balaban J connectivity index is 1.86. The molecule has 0 aliphatic carbocycles. The van der Waals surface area contributed by atoms with Crippen molar-refractivity contribution in [2.75, 3.05) is 23.3 Å². The summed E-state index contributed by atoms with van der Waals surface area (Å²) in [5.41, 5.74) is 1.80. The fourth-order valence-corrected chi connectivity index (χ4v) is 3.52. The van der Waals surface area contributed by atoms with Gasteiger partial charge >= 0.3 is 0 Å². The average molecular weight is 399 g/mol. The molecule has 1 aliphatic heterocycles. The van der Waals surface area contributed by atoms with Crippen molar-refractivity contribution in [1.82, 2.24) is 4.98 Å². The lowest BCUT2D eigenvalue weighted by Crippen LogP contribution is -2.26. The van der Waals surface area contributed by atoms with Crippen LogP contribution in [0.5, 0.6) is 0 Å². The summed E-state index contributed by atoms with van der Waals surface area (Å²) in [6.45, 7) is 1.97. The number of rotatable bonds is 3. The van der Waals surface area contributed by atoms with Crippen molar-refractivity contribution in [2.24, 2.45) is 0 Å². The van der Waals surface area contributed by atoms with Gasteiger partial charge in [0.2, 0.25) is 0 Å². The third kappa shape index (κ3) is 4.20. The molecule has 2 heterocycles. The predicted molar refractivity (Wildman–Crippen MR) is 104 cm³/mol. The second kappa shape index (κ2) is 8.26. The lowest BCUT2D eigenvalue weighted by molar-refractivity contribution is 0.102. The molecule has 7 heteroatoms. The van der Waals surface area contributed by atoms with Crippen molar-refractivity contribution < 1.29 is 4.79 Å². The molecule has 1 saturated heterocycles. The number of benzene rings is 1. The zero-order valence-electron chi connectivity index (χ0n) is 13.6. The highest BCUT2D eigenvalue weighted by atomic mass is 35.5. The van der Waals surface area contributed by atoms with E-state index < -0.39 is 5.91 Å². The molecule has 0 spiro atoms. The number of para-hydroxylation sites is 2. The van der Waals surface area contributed by atoms with E-state index in [2.05, 4.69) is 15.2 Å². The quantitative estimate of drug-likeness (QED) is 0.724. The van der Waals surface area contributed by atoms with E-state index >= 15 is 0 Å². The van der Waals surface area contributed by atoms with Gasteiger partial charge in [-0.1, -0.05) is 59.8 Å². The van der Waals surface area contributed by atoms with Gasteiger partial charge < -0.3 is 10.2 Å². The molecule has 25 heavy (non-hydrogen) atoms. The highest BCUT2D eigenvalue weighted by Gasteiger charge is 2.19. The Kier molecular flexibility index (Phi) is 6.05. The van der Waals surface area contributed by atoms with Crippen LogP contribution in [0.3, 0.4) is 0 Å². The Morgan fingerprint density at radius 2 is 1.68 bits per heavy atom. The summed E-state index contributed by atoms with van der Waals surface area (Å²) in [6.07, 6.45) is 6.12. The lowest BCUT2D eigenvalue weighted by Gasteiger charge is -2.25. The molecule has 1 amide bonds. The normalized spacial score (nSPS) is 14.9. The Morgan fingerprint density at radius 3 is 2.40 bits per heavy atom. The van der Waals surface area contributed by atoms with E-state index in [9.17, 15) is 4.79 Å². The Morgan fingerprint density at radius 1 is 1.00 bits per heavy atom. The largest absolute Gasteiger partial charge is 0.370 e. The molecule has 0 saturated carbocycles. The van der Waals surface area contributed by atoms with E-state index in [0.717, 1.165) is 37.3 Å². The van der Waals surface area contributed by atoms with E-state index in [1.807, 2.05) is 24.3 Å². The zero-order chi connectivity index (χ0) is 17.8. The monoisotopic (exact) mass is 397 g/mol. The third-order valence-electron chi connectivity index (χ3n) is 4.23. The first-order chi connectivity index (χ1) is 12.1. The van der Waals surface area contributed by atoms with Gasteiger partial charge in [-0.05, 0) is 25.0 Å². The number of hydrogen-bond acceptors (Lipinski definition) is 3. The van der Waals surface area contributed by atoms with Gasteiger partial charge in [0.05, 0.1) is 26.4 Å². The van der Waals surface area contributed by atoms with Crippen LogP contribution in [0.25, 0.3) is 0 Å². The van der Waals surface area contributed by atoms with Crippen molar-refractivity contribution in [1.29, 1.82) is 0 Å². The van der Waals surface area contributed by atoms with E-state index in [-0.39, 0.29) is 20.8 Å². The van der Waals surface area contributed by atoms with Gasteiger partial charge in [-0.2, -0.15) is 0 Å². The van der Waals surface area contributed by atoms with Crippen LogP contribution < -0.4 is 10.2 Å². The SMILES string of the molecule is O=C(Nc1ccccc1N1CCCCCC1)c1ncc(Cl)c(Cl)c1Cl. The summed E-state index contributed by atoms with van der Waals surface area (Å²) >= 11 is 18.0. The maximum atomic E-state index is 12.6. The minimum absolute atomic E-state index is 0.0546. The number of carbonyl (C=O) groups excluding carboxylic acids is 1. The molecule has 1 aromatic heterocycles. The predicted octanol–water partition coefficient (Wildman–Crippen LogP) is 5.67. The number of carbonyl (C=O) groups is 1. The average Bonchev–Trinajstić information content (AvgIpc) is 2.89. The van der Waals surface area contributed by atoms with Crippen LogP contribution in [0.1, 0.15) is 36.2 Å². The fourth-order valence-electron chi connectivity index (χ4n) is 2.95. The molecule has 4 nitrogen and oxygen atoms in total. The van der Waals surface area contributed by atoms with Crippen LogP contribution in [-0.4, -0.2) is 24.0 Å². The molecule has 3 rings (SSSR count). The molecule has 0 unspecified atom stereocenters. The summed E-state index contributed by atoms with van der Waals surface area (Å²) in [5, 5.41) is 3.30. The number of anilines is 2. The second-order valence-electron chi connectivity index (χ2n) is 5.96. The van der Waals surface area contributed by atoms with Crippen molar-refractivity contribution in [2.45, 2.75) is 25.7 Å². The van der Waals surface area contributed by atoms with Gasteiger partial charge in [0, 0.05) is 19.3 Å². The fraction of sp³-hybridized carbons (Fsp3) is 0.333. The van der Waals surface area contributed by atoms with Crippen LogP contribution in [0, 0.1) is 0 Å². The number of aromatic nitrogens is 1. The number of halogens is 3. The molecule has 132 valence electrons. The van der Waals surface area contributed by atoms with Crippen LogP contribution in [0.4, 0.5) is 11.4 Å². The molecule has 0 radical (unpaired) electrons. The van der Waals surface area contributed by atoms with Gasteiger partial charge in [-0.25, -0.2) is 4.98 Å². The highest BCUT2D eigenvalue weighted by molar-refractivity contribution is 6.49. The minimum atomic E-state index is -0.411. The summed E-state index contributed by atoms with van der Waals surface area (Å²) in [5.74, 6) is -0.411. The molecular weight excluding hydrogens is 381 g/mol. The standard InChI is InChI=1S/C18H18Cl3N3O/c19-12-11-22-17(16(21)15(12)20)18(25)23-13-7-3-4-8-14(13)24-9-5-1-2-6-10-24/h3-4,7-8,11H,1-2,5-6,9-10H2,(H,23,25). The molecule has 1 aromatic carbocycles. The number of pyridine rings is 1. The van der Waals surface area contributed by atoms with Crippen LogP contribution in [0.2, 0.25) is 15.1 Å². The van der Waals surface area contributed by atoms with Crippen molar-refractivity contribution >= 4 is 52.1 Å². The maximum absolute atomic E-state index is 12.6. The Labute approximate surface area is 162 Å². The number of hydrogen-bond donors (Lipinski definition) is 1. The first kappa shape index (κ1) is 18.3. The topological polar surface area (TPSA) is 45.2 Å². The van der Waals surface area contributed by atoms with E-state index in [0.29, 0.717) is 0 Å². The summed E-state index contributed by atoms with van der Waals surface area (Å²) in [7, 11) is 0. The zero-order valence-corrected chi connectivity index (χ0v) is 15.8. The molecule has 0 bridgehead atoms. The third-order valence-corrected chi connectivity index (χ3v) is 5.47. The lowest BCUT2D eigenvalue weighted by atomic mass is 10.2. The van der Waals surface area contributed by atoms with Gasteiger partial charge in [0.1, 0.15) is 5.69 Å². The summed E-state index contributed by atoms with van der Waals surface area (Å²) in [6, 6.07) is 7.76. The van der Waals surface area contributed by atoms with E-state index in [4.69, 9.17) is 34.8 Å². The number of amides is 1. The summed E-state index contributed by atoms with van der Waals surface area (Å²) in [4.78, 5) is 19.0. The maximum Gasteiger partial charge on any atom is 0.275 e. The Bertz CT molecular complexity index is 774. The van der Waals surface area contributed by atoms with Gasteiger partial charge in [0.25, 0.3) is 5.91 Å². The van der Waals surface area contributed by atoms with Crippen molar-refractivity contribution in [3.05, 3.63) is 51.2 Å². The number of nitrogens with zero attached hydrogens (tertiary/aromatic N) is 2. The van der Waals surface area contributed by atoms with Gasteiger partial charge in [-0.15, -0.1) is 0 Å². The highest BCUT2D eigenvalue weighted by Crippen LogP contribution is 2.33. The van der Waals surface area contributed by atoms with Crippen molar-refractivity contribution in [3.8, 4) is 0 Å². The molecular formula is C18H18Cl3N3O. The Hall–Kier alpha value is -1.49.